The van der Waals surface area contributed by atoms with Crippen LogP contribution in [0, 0.1) is 5.92 Å². The van der Waals surface area contributed by atoms with E-state index in [1.165, 1.54) is 0 Å². The zero-order chi connectivity index (χ0) is 12.1. The molecular weight excluding hydrogens is 206 g/mol. The summed E-state index contributed by atoms with van der Waals surface area (Å²) in [6.07, 6.45) is 1.30. The summed E-state index contributed by atoms with van der Waals surface area (Å²) in [6.45, 7) is 8.70. The predicted octanol–water partition coefficient (Wildman–Crippen LogP) is 1.60. The van der Waals surface area contributed by atoms with Gasteiger partial charge in [-0.05, 0) is 12.8 Å². The Labute approximate surface area is 97.6 Å². The number of rotatable bonds is 5. The van der Waals surface area contributed by atoms with Crippen LogP contribution in [-0.2, 0) is 9.53 Å². The highest BCUT2D eigenvalue weighted by Crippen LogP contribution is 2.20. The molecule has 16 heavy (non-hydrogen) atoms. The number of aliphatic carboxylic acids is 1. The SMILES string of the molecule is CCC(C)C(C)N1CCOCC1CC(=O)O. The number of ether oxygens (including phenoxy) is 1. The van der Waals surface area contributed by atoms with E-state index in [9.17, 15) is 4.79 Å². The predicted molar refractivity (Wildman–Crippen MR) is 62.5 cm³/mol. The Morgan fingerprint density at radius 1 is 1.56 bits per heavy atom. The highest BCUT2D eigenvalue weighted by Gasteiger charge is 2.30. The molecule has 1 N–H and O–H groups in total. The molecule has 0 bridgehead atoms. The van der Waals surface area contributed by atoms with E-state index in [1.54, 1.807) is 0 Å². The van der Waals surface area contributed by atoms with Crippen LogP contribution in [0.5, 0.6) is 0 Å². The van der Waals surface area contributed by atoms with Crippen molar-refractivity contribution in [1.29, 1.82) is 0 Å². The minimum absolute atomic E-state index is 0.0373. The van der Waals surface area contributed by atoms with E-state index in [2.05, 4.69) is 25.7 Å². The highest BCUT2D eigenvalue weighted by atomic mass is 16.5. The van der Waals surface area contributed by atoms with Crippen LogP contribution >= 0.6 is 0 Å². The van der Waals surface area contributed by atoms with Crippen molar-refractivity contribution < 1.29 is 14.6 Å². The maximum Gasteiger partial charge on any atom is 0.305 e. The zero-order valence-corrected chi connectivity index (χ0v) is 10.5. The largest absolute Gasteiger partial charge is 0.481 e. The molecule has 0 aromatic rings. The van der Waals surface area contributed by atoms with Crippen LogP contribution in [-0.4, -0.2) is 47.8 Å². The minimum atomic E-state index is -0.739. The molecule has 4 nitrogen and oxygen atoms in total. The minimum Gasteiger partial charge on any atom is -0.481 e. The molecule has 0 aromatic heterocycles. The fraction of sp³-hybridized carbons (Fsp3) is 0.917. The van der Waals surface area contributed by atoms with Crippen LogP contribution in [0.3, 0.4) is 0 Å². The number of morpholine rings is 1. The Bertz CT molecular complexity index is 232. The van der Waals surface area contributed by atoms with E-state index >= 15 is 0 Å². The maximum absolute atomic E-state index is 10.8. The van der Waals surface area contributed by atoms with Gasteiger partial charge in [-0.1, -0.05) is 20.3 Å². The Morgan fingerprint density at radius 3 is 2.81 bits per heavy atom. The first-order valence-corrected chi connectivity index (χ1v) is 6.11. The third-order valence-corrected chi connectivity index (χ3v) is 3.67. The molecule has 0 amide bonds. The van der Waals surface area contributed by atoms with Crippen molar-refractivity contribution in [2.75, 3.05) is 19.8 Å². The molecule has 0 aromatic carbocycles. The molecule has 0 aliphatic carbocycles. The van der Waals surface area contributed by atoms with Crippen molar-refractivity contribution in [3.63, 3.8) is 0 Å². The van der Waals surface area contributed by atoms with Gasteiger partial charge in [0.15, 0.2) is 0 Å². The first kappa shape index (κ1) is 13.5. The lowest BCUT2D eigenvalue weighted by Crippen LogP contribution is -2.52. The van der Waals surface area contributed by atoms with Gasteiger partial charge in [0, 0.05) is 18.6 Å². The fourth-order valence-electron chi connectivity index (χ4n) is 2.25. The zero-order valence-electron chi connectivity index (χ0n) is 10.5. The van der Waals surface area contributed by atoms with Gasteiger partial charge in [0.05, 0.1) is 19.6 Å². The maximum atomic E-state index is 10.8. The average Bonchev–Trinajstić information content (AvgIpc) is 2.27. The molecule has 94 valence electrons. The van der Waals surface area contributed by atoms with Crippen LogP contribution < -0.4 is 0 Å². The third kappa shape index (κ3) is 3.46. The van der Waals surface area contributed by atoms with E-state index in [1.807, 2.05) is 0 Å². The Kier molecular flexibility index (Phi) is 5.22. The number of hydrogen-bond donors (Lipinski definition) is 1. The van der Waals surface area contributed by atoms with Gasteiger partial charge in [-0.3, -0.25) is 9.69 Å². The van der Waals surface area contributed by atoms with Crippen molar-refractivity contribution >= 4 is 5.97 Å². The second kappa shape index (κ2) is 6.21. The summed E-state index contributed by atoms with van der Waals surface area (Å²) in [6, 6.07) is 0.466. The lowest BCUT2D eigenvalue weighted by molar-refractivity contribution is -0.141. The van der Waals surface area contributed by atoms with E-state index in [0.29, 0.717) is 18.6 Å². The van der Waals surface area contributed by atoms with Gasteiger partial charge in [0.25, 0.3) is 0 Å². The Morgan fingerprint density at radius 2 is 2.25 bits per heavy atom. The second-order valence-electron chi connectivity index (χ2n) is 4.69. The molecule has 3 atom stereocenters. The monoisotopic (exact) mass is 229 g/mol. The van der Waals surface area contributed by atoms with E-state index < -0.39 is 5.97 Å². The van der Waals surface area contributed by atoms with Gasteiger partial charge in [-0.15, -0.1) is 0 Å². The summed E-state index contributed by atoms with van der Waals surface area (Å²) >= 11 is 0. The van der Waals surface area contributed by atoms with Gasteiger partial charge >= 0.3 is 5.97 Å². The van der Waals surface area contributed by atoms with Crippen LogP contribution in [0.25, 0.3) is 0 Å². The van der Waals surface area contributed by atoms with E-state index in [0.717, 1.165) is 19.6 Å². The van der Waals surface area contributed by atoms with Gasteiger partial charge < -0.3 is 9.84 Å². The standard InChI is InChI=1S/C12H23NO3/c1-4-9(2)10(3)13-5-6-16-8-11(13)7-12(14)15/h9-11H,4-8H2,1-3H3,(H,14,15). The summed E-state index contributed by atoms with van der Waals surface area (Å²) in [5.74, 6) is -0.147. The molecule has 1 aliphatic rings. The summed E-state index contributed by atoms with van der Waals surface area (Å²) < 4.78 is 5.37. The number of nitrogens with zero attached hydrogens (tertiary/aromatic N) is 1. The van der Waals surface area contributed by atoms with Gasteiger partial charge in [0.1, 0.15) is 0 Å². The molecule has 0 spiro atoms. The van der Waals surface area contributed by atoms with E-state index in [4.69, 9.17) is 9.84 Å². The highest BCUT2D eigenvalue weighted by molar-refractivity contribution is 5.67. The molecule has 3 unspecified atom stereocenters. The van der Waals surface area contributed by atoms with Crippen molar-refractivity contribution in [2.45, 2.75) is 45.7 Å². The van der Waals surface area contributed by atoms with Crippen molar-refractivity contribution in [2.24, 2.45) is 5.92 Å². The first-order valence-electron chi connectivity index (χ1n) is 6.11. The molecule has 0 saturated carbocycles. The lowest BCUT2D eigenvalue weighted by Gasteiger charge is -2.41. The fourth-order valence-corrected chi connectivity index (χ4v) is 2.25. The Balaban J connectivity index is 2.61. The van der Waals surface area contributed by atoms with Crippen molar-refractivity contribution in [3.8, 4) is 0 Å². The van der Waals surface area contributed by atoms with Crippen LogP contribution in [0.15, 0.2) is 0 Å². The van der Waals surface area contributed by atoms with Crippen LogP contribution in [0.1, 0.15) is 33.6 Å². The number of carbonyl (C=O) groups is 1. The molecule has 0 radical (unpaired) electrons. The smallest absolute Gasteiger partial charge is 0.305 e. The normalized spacial score (nSPS) is 26.3. The lowest BCUT2D eigenvalue weighted by atomic mass is 9.96. The topological polar surface area (TPSA) is 49.8 Å². The van der Waals surface area contributed by atoms with Crippen LogP contribution in [0.2, 0.25) is 0 Å². The average molecular weight is 229 g/mol. The quantitative estimate of drug-likeness (QED) is 0.778. The van der Waals surface area contributed by atoms with Crippen LogP contribution in [0.4, 0.5) is 0 Å². The van der Waals surface area contributed by atoms with E-state index in [-0.39, 0.29) is 12.5 Å². The third-order valence-electron chi connectivity index (χ3n) is 3.67. The molecule has 1 heterocycles. The molecule has 1 aliphatic heterocycles. The number of carboxylic acid groups (broad SMARTS) is 1. The van der Waals surface area contributed by atoms with Crippen molar-refractivity contribution in [3.05, 3.63) is 0 Å². The summed E-state index contributed by atoms with van der Waals surface area (Å²) in [5, 5.41) is 8.88. The van der Waals surface area contributed by atoms with Gasteiger partial charge in [0.2, 0.25) is 0 Å². The summed E-state index contributed by atoms with van der Waals surface area (Å²) in [4.78, 5) is 13.1. The number of hydrogen-bond acceptors (Lipinski definition) is 3. The molecule has 1 rings (SSSR count). The van der Waals surface area contributed by atoms with Crippen molar-refractivity contribution in [1.82, 2.24) is 4.90 Å². The molecule has 1 fully saturated rings. The first-order chi connectivity index (χ1) is 7.56. The molecular formula is C12H23NO3. The summed E-state index contributed by atoms with van der Waals surface area (Å²) in [7, 11) is 0. The van der Waals surface area contributed by atoms with Gasteiger partial charge in [-0.25, -0.2) is 0 Å². The van der Waals surface area contributed by atoms with Gasteiger partial charge in [-0.2, -0.15) is 0 Å². The Hall–Kier alpha value is -0.610. The molecule has 1 saturated heterocycles. The summed E-state index contributed by atoms with van der Waals surface area (Å²) in [5.41, 5.74) is 0. The second-order valence-corrected chi connectivity index (χ2v) is 4.69. The number of carboxylic acids is 1. The molecule has 4 heteroatoms.